The summed E-state index contributed by atoms with van der Waals surface area (Å²) in [5.74, 6) is -0.0787. The molecule has 2 N–H and O–H groups in total. The van der Waals surface area contributed by atoms with E-state index in [1.807, 2.05) is 13.8 Å². The molecule has 0 unspecified atom stereocenters. The number of nitrogens with two attached hydrogens (primary N) is 1. The zero-order chi connectivity index (χ0) is 6.57. The number of hydrogen-bond donors (Lipinski definition) is 1. The van der Waals surface area contributed by atoms with Crippen molar-refractivity contribution in [2.75, 3.05) is 0 Å². The number of hydrogen-bond acceptors (Lipinski definition) is 1. The molecule has 0 saturated carbocycles. The topological polar surface area (TPSA) is 43.1 Å². The molecule has 0 aliphatic heterocycles. The smallest absolute Gasteiger partial charge is 0.220 e. The maximum Gasteiger partial charge on any atom is 0.220 e. The molecular formula is C6H13LiNO. The Morgan fingerprint density at radius 2 is 1.78 bits per heavy atom. The Morgan fingerprint density at radius 1 is 1.44 bits per heavy atom. The van der Waals surface area contributed by atoms with Gasteiger partial charge in [-0.2, -0.15) is 0 Å². The minimum Gasteiger partial charge on any atom is -0.369 e. The van der Waals surface area contributed by atoms with Crippen molar-refractivity contribution in [2.24, 2.45) is 11.7 Å². The maximum absolute atomic E-state index is 10.4. The van der Waals surface area contributed by atoms with E-state index < -0.39 is 0 Å². The van der Waals surface area contributed by atoms with Crippen LogP contribution in [0.4, 0.5) is 0 Å². The van der Waals surface area contributed by atoms with Crippen molar-refractivity contribution in [1.29, 1.82) is 0 Å². The fourth-order valence-corrected chi connectivity index (χ4v) is 0.691. The van der Waals surface area contributed by atoms with Crippen LogP contribution in [0.2, 0.25) is 0 Å². The van der Waals surface area contributed by atoms with E-state index >= 15 is 0 Å². The van der Waals surface area contributed by atoms with E-state index in [-0.39, 0.29) is 30.7 Å². The molecule has 9 heavy (non-hydrogen) atoms. The summed E-state index contributed by atoms with van der Waals surface area (Å²) in [4.78, 5) is 10.4. The summed E-state index contributed by atoms with van der Waals surface area (Å²) in [7, 11) is 0. The van der Waals surface area contributed by atoms with E-state index in [1.165, 1.54) is 0 Å². The molecule has 0 aliphatic rings. The fraction of sp³-hybridized carbons (Fsp3) is 0.833. The largest absolute Gasteiger partial charge is 0.369 e. The van der Waals surface area contributed by atoms with Gasteiger partial charge >= 0.3 is 0 Å². The Labute approximate surface area is 68.4 Å². The second kappa shape index (κ2) is 6.19. The second-order valence-electron chi connectivity index (χ2n) is 1.92. The summed E-state index contributed by atoms with van der Waals surface area (Å²) in [6, 6.07) is 0. The normalized spacial score (nSPS) is 8.78. The Morgan fingerprint density at radius 3 is 1.78 bits per heavy atom. The molecular weight excluding hydrogens is 109 g/mol. The minimum atomic E-state index is -0.171. The second-order valence-corrected chi connectivity index (χ2v) is 1.92. The molecule has 0 rings (SSSR count). The fourth-order valence-electron chi connectivity index (χ4n) is 0.691. The number of amides is 1. The standard InChI is InChI=1S/C6H13NO.Li/c1-3-5(4-2)6(7)8;/h5H,3-4H2,1-2H3,(H2,7,8);. The average molecular weight is 122 g/mol. The predicted molar refractivity (Wildman–Crippen MR) is 39.0 cm³/mol. The molecule has 0 heterocycles. The third kappa shape index (κ3) is 4.56. The first-order valence-corrected chi connectivity index (χ1v) is 3.01. The van der Waals surface area contributed by atoms with Crippen LogP contribution in [-0.4, -0.2) is 24.8 Å². The van der Waals surface area contributed by atoms with Crippen molar-refractivity contribution in [1.82, 2.24) is 0 Å². The third-order valence-corrected chi connectivity index (χ3v) is 1.39. The van der Waals surface area contributed by atoms with Crippen LogP contribution in [0.5, 0.6) is 0 Å². The molecule has 0 fully saturated rings. The van der Waals surface area contributed by atoms with Gasteiger partial charge in [-0.05, 0) is 12.8 Å². The Hall–Kier alpha value is 0.0674. The molecule has 0 aliphatic carbocycles. The summed E-state index contributed by atoms with van der Waals surface area (Å²) in [5, 5.41) is 0. The van der Waals surface area contributed by atoms with E-state index in [0.717, 1.165) is 12.8 Å². The Kier molecular flexibility index (Phi) is 8.13. The molecule has 2 nitrogen and oxygen atoms in total. The summed E-state index contributed by atoms with van der Waals surface area (Å²) in [5.41, 5.74) is 5.02. The van der Waals surface area contributed by atoms with E-state index in [2.05, 4.69) is 0 Å². The number of carbonyl (C=O) groups excluding carboxylic acids is 1. The van der Waals surface area contributed by atoms with Gasteiger partial charge in [-0.3, -0.25) is 4.79 Å². The Balaban J connectivity index is 0. The molecule has 49 valence electrons. The van der Waals surface area contributed by atoms with Crippen LogP contribution in [0, 0.1) is 5.92 Å². The van der Waals surface area contributed by atoms with Crippen LogP contribution < -0.4 is 5.73 Å². The van der Waals surface area contributed by atoms with Gasteiger partial charge in [0.25, 0.3) is 0 Å². The van der Waals surface area contributed by atoms with Gasteiger partial charge in [-0.25, -0.2) is 0 Å². The molecule has 3 heteroatoms. The zero-order valence-corrected chi connectivity index (χ0v) is 6.48. The van der Waals surface area contributed by atoms with Gasteiger partial charge in [-0.1, -0.05) is 13.8 Å². The maximum atomic E-state index is 10.4. The van der Waals surface area contributed by atoms with Gasteiger partial charge in [0.2, 0.25) is 5.91 Å². The first-order valence-electron chi connectivity index (χ1n) is 3.01. The molecule has 0 spiro atoms. The third-order valence-electron chi connectivity index (χ3n) is 1.39. The summed E-state index contributed by atoms with van der Waals surface area (Å²) >= 11 is 0. The molecule has 0 bridgehead atoms. The van der Waals surface area contributed by atoms with Gasteiger partial charge < -0.3 is 5.73 Å². The van der Waals surface area contributed by atoms with Gasteiger partial charge in [0.1, 0.15) is 0 Å². The van der Waals surface area contributed by atoms with Crippen LogP contribution in [-0.2, 0) is 4.79 Å². The van der Waals surface area contributed by atoms with Crippen molar-refractivity contribution >= 4 is 24.8 Å². The van der Waals surface area contributed by atoms with Crippen molar-refractivity contribution in [2.45, 2.75) is 26.7 Å². The van der Waals surface area contributed by atoms with E-state index in [1.54, 1.807) is 0 Å². The van der Waals surface area contributed by atoms with E-state index in [9.17, 15) is 4.79 Å². The SMILES string of the molecule is CCC(CC)C(N)=O.[Li]. The van der Waals surface area contributed by atoms with Crippen LogP contribution in [0.15, 0.2) is 0 Å². The van der Waals surface area contributed by atoms with Crippen LogP contribution in [0.25, 0.3) is 0 Å². The molecule has 1 amide bonds. The van der Waals surface area contributed by atoms with Crippen molar-refractivity contribution < 1.29 is 4.79 Å². The minimum absolute atomic E-state index is 0. The molecule has 0 aromatic carbocycles. The average Bonchev–Trinajstić information content (AvgIpc) is 1.69. The molecule has 0 saturated heterocycles. The molecule has 0 aromatic rings. The first-order chi connectivity index (χ1) is 3.72. The van der Waals surface area contributed by atoms with Crippen LogP contribution in [0.1, 0.15) is 26.7 Å². The molecule has 1 radical (unpaired) electrons. The van der Waals surface area contributed by atoms with Crippen LogP contribution >= 0.6 is 0 Å². The van der Waals surface area contributed by atoms with Crippen molar-refractivity contribution in [3.05, 3.63) is 0 Å². The van der Waals surface area contributed by atoms with Crippen molar-refractivity contribution in [3.63, 3.8) is 0 Å². The van der Waals surface area contributed by atoms with Gasteiger partial charge in [0, 0.05) is 24.8 Å². The quantitative estimate of drug-likeness (QED) is 0.545. The van der Waals surface area contributed by atoms with E-state index in [0.29, 0.717) is 0 Å². The molecule has 0 atom stereocenters. The van der Waals surface area contributed by atoms with Gasteiger partial charge in [0.05, 0.1) is 0 Å². The summed E-state index contributed by atoms with van der Waals surface area (Å²) in [6.07, 6.45) is 1.73. The van der Waals surface area contributed by atoms with Gasteiger partial charge in [-0.15, -0.1) is 0 Å². The molecule has 0 aromatic heterocycles. The predicted octanol–water partition coefficient (Wildman–Crippen LogP) is 0.527. The number of carbonyl (C=O) groups is 1. The zero-order valence-electron chi connectivity index (χ0n) is 6.48. The summed E-state index contributed by atoms with van der Waals surface area (Å²) in [6.45, 7) is 3.94. The first kappa shape index (κ1) is 11.8. The van der Waals surface area contributed by atoms with Gasteiger partial charge in [0.15, 0.2) is 0 Å². The summed E-state index contributed by atoms with van der Waals surface area (Å²) < 4.78 is 0. The van der Waals surface area contributed by atoms with Crippen molar-refractivity contribution in [3.8, 4) is 0 Å². The van der Waals surface area contributed by atoms with Crippen LogP contribution in [0.3, 0.4) is 0 Å². The monoisotopic (exact) mass is 122 g/mol. The Bertz CT molecular complexity index is 81.1. The number of primary amides is 1. The number of rotatable bonds is 3. The van der Waals surface area contributed by atoms with E-state index in [4.69, 9.17) is 5.73 Å².